The molecule has 2 rings (SSSR count). The van der Waals surface area contributed by atoms with E-state index in [2.05, 4.69) is 20.8 Å². The van der Waals surface area contributed by atoms with Gasteiger partial charge < -0.3 is 4.74 Å². The average molecular weight is 292 g/mol. The summed E-state index contributed by atoms with van der Waals surface area (Å²) in [5.41, 5.74) is 1.71. The highest BCUT2D eigenvalue weighted by Gasteiger charge is 2.46. The largest absolute Gasteiger partial charge is 0.466 e. The zero-order valence-corrected chi connectivity index (χ0v) is 14.3. The fraction of sp³-hybridized carbons (Fsp3) is 0.842. The number of rotatable bonds is 4. The van der Waals surface area contributed by atoms with Crippen LogP contribution in [-0.2, 0) is 9.53 Å². The maximum absolute atomic E-state index is 11.3. The Morgan fingerprint density at radius 3 is 2.76 bits per heavy atom. The summed E-state index contributed by atoms with van der Waals surface area (Å²) in [4.78, 5) is 11.3. The van der Waals surface area contributed by atoms with Crippen LogP contribution in [0.4, 0.5) is 0 Å². The highest BCUT2D eigenvalue weighted by Crippen LogP contribution is 2.56. The number of methoxy groups -OCH3 is 1. The smallest absolute Gasteiger partial charge is 0.330 e. The summed E-state index contributed by atoms with van der Waals surface area (Å²) in [6.07, 6.45) is 12.4. The molecule has 0 aromatic heterocycles. The summed E-state index contributed by atoms with van der Waals surface area (Å²) in [7, 11) is 1.45. The van der Waals surface area contributed by atoms with Crippen molar-refractivity contribution in [1.29, 1.82) is 0 Å². The number of allylic oxidation sites excluding steroid dienone is 1. The molecule has 2 saturated carbocycles. The molecule has 0 heterocycles. The fourth-order valence-electron chi connectivity index (χ4n) is 5.08. The van der Waals surface area contributed by atoms with Crippen LogP contribution in [0.2, 0.25) is 0 Å². The van der Waals surface area contributed by atoms with Crippen LogP contribution in [-0.4, -0.2) is 13.1 Å². The molecular weight excluding hydrogens is 260 g/mol. The summed E-state index contributed by atoms with van der Waals surface area (Å²) in [6.45, 7) is 7.08. The van der Waals surface area contributed by atoms with Gasteiger partial charge in [-0.1, -0.05) is 38.7 Å². The molecule has 0 spiro atoms. The SMILES string of the molecule is COC(=O)C=C(C)CCC1CCCC2C(C)CCCC12C. The quantitative estimate of drug-likeness (QED) is 0.530. The monoisotopic (exact) mass is 292 g/mol. The third-order valence-corrected chi connectivity index (χ3v) is 6.36. The molecule has 0 saturated heterocycles. The predicted molar refractivity (Wildman–Crippen MR) is 87.0 cm³/mol. The summed E-state index contributed by atoms with van der Waals surface area (Å²) < 4.78 is 4.72. The fourth-order valence-corrected chi connectivity index (χ4v) is 5.08. The first-order valence-electron chi connectivity index (χ1n) is 8.72. The second-order valence-electron chi connectivity index (χ2n) is 7.66. The number of fused-ring (bicyclic) bond motifs is 1. The molecule has 0 radical (unpaired) electrons. The van der Waals surface area contributed by atoms with Gasteiger partial charge in [0.25, 0.3) is 0 Å². The molecule has 2 heteroatoms. The maximum atomic E-state index is 11.3. The van der Waals surface area contributed by atoms with Gasteiger partial charge in [-0.15, -0.1) is 0 Å². The van der Waals surface area contributed by atoms with Crippen LogP contribution in [0.25, 0.3) is 0 Å². The molecule has 2 fully saturated rings. The average Bonchev–Trinajstić information content (AvgIpc) is 2.45. The summed E-state index contributed by atoms with van der Waals surface area (Å²) >= 11 is 0. The number of hydrogen-bond acceptors (Lipinski definition) is 2. The Kier molecular flexibility index (Phi) is 5.51. The van der Waals surface area contributed by atoms with Crippen molar-refractivity contribution in [2.45, 2.75) is 72.1 Å². The summed E-state index contributed by atoms with van der Waals surface area (Å²) in [6, 6.07) is 0. The lowest BCUT2D eigenvalue weighted by atomic mass is 9.52. The lowest BCUT2D eigenvalue weighted by Gasteiger charge is -2.53. The summed E-state index contributed by atoms with van der Waals surface area (Å²) in [5.74, 6) is 2.44. The second-order valence-corrected chi connectivity index (χ2v) is 7.66. The van der Waals surface area contributed by atoms with Crippen molar-refractivity contribution in [2.24, 2.45) is 23.2 Å². The zero-order valence-electron chi connectivity index (χ0n) is 14.3. The van der Waals surface area contributed by atoms with Gasteiger partial charge in [-0.2, -0.15) is 0 Å². The van der Waals surface area contributed by atoms with Crippen molar-refractivity contribution in [3.63, 3.8) is 0 Å². The Morgan fingerprint density at radius 2 is 2.05 bits per heavy atom. The Bertz CT molecular complexity index is 398. The number of esters is 1. The third-order valence-electron chi connectivity index (χ3n) is 6.36. The van der Waals surface area contributed by atoms with Gasteiger partial charge in [0.2, 0.25) is 0 Å². The Balaban J connectivity index is 1.99. The molecule has 2 nitrogen and oxygen atoms in total. The predicted octanol–water partition coefficient (Wildman–Crippen LogP) is 5.13. The molecular formula is C19H32O2. The molecule has 0 amide bonds. The van der Waals surface area contributed by atoms with Crippen molar-refractivity contribution in [2.75, 3.05) is 7.11 Å². The molecule has 120 valence electrons. The van der Waals surface area contributed by atoms with Gasteiger partial charge in [-0.3, -0.25) is 0 Å². The minimum atomic E-state index is -0.216. The number of ether oxygens (including phenoxy) is 1. The van der Waals surface area contributed by atoms with E-state index in [4.69, 9.17) is 4.74 Å². The van der Waals surface area contributed by atoms with Crippen LogP contribution in [0.15, 0.2) is 11.6 Å². The minimum absolute atomic E-state index is 0.216. The topological polar surface area (TPSA) is 26.3 Å². The molecule has 0 N–H and O–H groups in total. The van der Waals surface area contributed by atoms with Gasteiger partial charge in [0.15, 0.2) is 0 Å². The van der Waals surface area contributed by atoms with Crippen molar-refractivity contribution >= 4 is 5.97 Å². The first-order valence-corrected chi connectivity index (χ1v) is 8.72. The van der Waals surface area contributed by atoms with Crippen molar-refractivity contribution in [1.82, 2.24) is 0 Å². The van der Waals surface area contributed by atoms with Gasteiger partial charge in [0, 0.05) is 6.08 Å². The molecule has 21 heavy (non-hydrogen) atoms. The van der Waals surface area contributed by atoms with Crippen molar-refractivity contribution in [3.8, 4) is 0 Å². The van der Waals surface area contributed by atoms with E-state index in [9.17, 15) is 4.79 Å². The first kappa shape index (κ1) is 16.6. The molecule has 0 aromatic rings. The van der Waals surface area contributed by atoms with Crippen molar-refractivity contribution in [3.05, 3.63) is 11.6 Å². The standard InChI is InChI=1S/C19H32O2/c1-14(13-18(20)21-4)10-11-16-8-5-9-17-15(2)7-6-12-19(16,17)3/h13,15-17H,5-12H2,1-4H3. The van der Waals surface area contributed by atoms with E-state index in [1.165, 1.54) is 52.1 Å². The third kappa shape index (κ3) is 3.70. The number of carbonyl (C=O) groups excluding carboxylic acids is 1. The van der Waals surface area contributed by atoms with E-state index in [1.54, 1.807) is 6.08 Å². The van der Waals surface area contributed by atoms with E-state index in [0.717, 1.165) is 29.7 Å². The van der Waals surface area contributed by atoms with Gasteiger partial charge in [0.05, 0.1) is 7.11 Å². The minimum Gasteiger partial charge on any atom is -0.466 e. The molecule has 4 unspecified atom stereocenters. The van der Waals surface area contributed by atoms with E-state index < -0.39 is 0 Å². The molecule has 0 bridgehead atoms. The van der Waals surface area contributed by atoms with Crippen LogP contribution < -0.4 is 0 Å². The van der Waals surface area contributed by atoms with Gasteiger partial charge >= 0.3 is 5.97 Å². The summed E-state index contributed by atoms with van der Waals surface area (Å²) in [5, 5.41) is 0. The van der Waals surface area contributed by atoms with E-state index in [1.807, 2.05) is 0 Å². The van der Waals surface area contributed by atoms with Crippen LogP contribution in [0.1, 0.15) is 72.1 Å². The molecule has 0 aliphatic heterocycles. The Hall–Kier alpha value is -0.790. The number of hydrogen-bond donors (Lipinski definition) is 0. The highest BCUT2D eigenvalue weighted by molar-refractivity contribution is 5.82. The second kappa shape index (κ2) is 6.98. The molecule has 0 aromatic carbocycles. The molecule has 4 atom stereocenters. The van der Waals surface area contributed by atoms with E-state index >= 15 is 0 Å². The molecule has 2 aliphatic rings. The number of carbonyl (C=O) groups is 1. The lowest BCUT2D eigenvalue weighted by molar-refractivity contribution is -0.134. The van der Waals surface area contributed by atoms with Gasteiger partial charge in [0.1, 0.15) is 0 Å². The van der Waals surface area contributed by atoms with Gasteiger partial charge in [-0.05, 0) is 62.2 Å². The van der Waals surface area contributed by atoms with Crippen LogP contribution >= 0.6 is 0 Å². The van der Waals surface area contributed by atoms with Crippen LogP contribution in [0.3, 0.4) is 0 Å². The Labute approximate surface area is 130 Å². The Morgan fingerprint density at radius 1 is 1.29 bits per heavy atom. The van der Waals surface area contributed by atoms with E-state index in [-0.39, 0.29) is 5.97 Å². The van der Waals surface area contributed by atoms with Crippen molar-refractivity contribution < 1.29 is 9.53 Å². The van der Waals surface area contributed by atoms with Crippen LogP contribution in [0, 0.1) is 23.2 Å². The first-order chi connectivity index (χ1) is 9.97. The lowest BCUT2D eigenvalue weighted by Crippen LogP contribution is -2.44. The van der Waals surface area contributed by atoms with Crippen LogP contribution in [0.5, 0.6) is 0 Å². The maximum Gasteiger partial charge on any atom is 0.330 e. The molecule has 2 aliphatic carbocycles. The normalized spacial score (nSPS) is 37.0. The van der Waals surface area contributed by atoms with Gasteiger partial charge in [-0.25, -0.2) is 4.79 Å². The highest BCUT2D eigenvalue weighted by atomic mass is 16.5. The zero-order chi connectivity index (χ0) is 15.5. The van der Waals surface area contributed by atoms with E-state index in [0.29, 0.717) is 5.41 Å².